The van der Waals surface area contributed by atoms with Gasteiger partial charge in [-0.05, 0) is 18.2 Å². The van der Waals surface area contributed by atoms with Crippen LogP contribution in [0.1, 0.15) is 15.9 Å². The monoisotopic (exact) mass is 267 g/mol. The molecule has 0 spiro atoms. The van der Waals surface area contributed by atoms with Crippen molar-refractivity contribution in [1.29, 1.82) is 0 Å². The Labute approximate surface area is 96.7 Å². The van der Waals surface area contributed by atoms with Crippen LogP contribution in [0.4, 0.5) is 5.69 Å². The molecule has 0 unspecified atom stereocenters. The molecule has 1 aromatic rings. The lowest BCUT2D eigenvalue weighted by Crippen LogP contribution is -2.02. The Morgan fingerprint density at radius 2 is 2.27 bits per heavy atom. The highest BCUT2D eigenvalue weighted by molar-refractivity contribution is 9.09. The maximum Gasteiger partial charge on any atom is 0.337 e. The van der Waals surface area contributed by atoms with E-state index >= 15 is 0 Å². The average Bonchev–Trinajstić information content (AvgIpc) is 2.24. The summed E-state index contributed by atoms with van der Waals surface area (Å²) >= 11 is 3.19. The first-order chi connectivity index (χ1) is 7.17. The number of hydrogen-bond donors (Lipinski definition) is 1. The van der Waals surface area contributed by atoms with E-state index < -0.39 is 5.97 Å². The maximum absolute atomic E-state index is 11.3. The molecule has 0 aliphatic heterocycles. The lowest BCUT2D eigenvalue weighted by atomic mass is 10.1. The Morgan fingerprint density at radius 1 is 1.53 bits per heavy atom. The van der Waals surface area contributed by atoms with Gasteiger partial charge in [-0.3, -0.25) is 0 Å². The normalized spacial score (nSPS) is 8.93. The maximum atomic E-state index is 11.3. The van der Waals surface area contributed by atoms with Gasteiger partial charge in [0.25, 0.3) is 0 Å². The van der Waals surface area contributed by atoms with Crippen molar-refractivity contribution in [3.05, 3.63) is 29.3 Å². The van der Waals surface area contributed by atoms with Gasteiger partial charge in [-0.15, -0.1) is 0 Å². The highest BCUT2D eigenvalue weighted by Gasteiger charge is 2.06. The summed E-state index contributed by atoms with van der Waals surface area (Å²) in [5, 5.41) is 0.579. The van der Waals surface area contributed by atoms with Gasteiger partial charge in [0.2, 0.25) is 0 Å². The highest BCUT2D eigenvalue weighted by atomic mass is 79.9. The summed E-state index contributed by atoms with van der Waals surface area (Å²) in [5.74, 6) is 5.29. The molecule has 0 aromatic heterocycles. The molecule has 0 amide bonds. The molecule has 0 aliphatic carbocycles. The van der Waals surface area contributed by atoms with Crippen molar-refractivity contribution in [3.63, 3.8) is 0 Å². The zero-order valence-corrected chi connectivity index (χ0v) is 9.80. The molecule has 0 aliphatic rings. The molecule has 3 nitrogen and oxygen atoms in total. The van der Waals surface area contributed by atoms with Gasteiger partial charge in [0.1, 0.15) is 0 Å². The molecule has 15 heavy (non-hydrogen) atoms. The summed E-state index contributed by atoms with van der Waals surface area (Å²) in [4.78, 5) is 11.3. The lowest BCUT2D eigenvalue weighted by Gasteiger charge is -2.01. The minimum Gasteiger partial charge on any atom is -0.465 e. The number of carbonyl (C=O) groups excluding carboxylic acids is 1. The third kappa shape index (κ3) is 3.30. The number of nitrogen functional groups attached to an aromatic ring is 1. The topological polar surface area (TPSA) is 52.3 Å². The van der Waals surface area contributed by atoms with Gasteiger partial charge in [0, 0.05) is 11.3 Å². The zero-order chi connectivity index (χ0) is 11.3. The van der Waals surface area contributed by atoms with Gasteiger partial charge in [-0.25, -0.2) is 4.79 Å². The standard InChI is InChI=1S/C11H10BrNO2/c1-15-11(14)9-5-8(3-2-4-12)6-10(13)7-9/h5-7H,4,13H2,1H3. The number of halogens is 1. The Kier molecular flexibility index (Phi) is 4.19. The van der Waals surface area contributed by atoms with Crippen molar-refractivity contribution in [2.24, 2.45) is 0 Å². The fourth-order valence-electron chi connectivity index (χ4n) is 1.09. The van der Waals surface area contributed by atoms with E-state index in [1.165, 1.54) is 7.11 Å². The van der Waals surface area contributed by atoms with Crippen LogP contribution in [0.5, 0.6) is 0 Å². The van der Waals surface area contributed by atoms with Crippen LogP contribution in [0.3, 0.4) is 0 Å². The van der Waals surface area contributed by atoms with Crippen molar-refractivity contribution in [3.8, 4) is 11.8 Å². The number of hydrogen-bond acceptors (Lipinski definition) is 3. The van der Waals surface area contributed by atoms with Crippen LogP contribution in [0.25, 0.3) is 0 Å². The Balaban J connectivity index is 3.10. The van der Waals surface area contributed by atoms with Crippen LogP contribution in [0.15, 0.2) is 18.2 Å². The fourth-order valence-corrected chi connectivity index (χ4v) is 1.24. The molecular formula is C11H10BrNO2. The second kappa shape index (κ2) is 5.42. The van der Waals surface area contributed by atoms with Crippen LogP contribution in [0.2, 0.25) is 0 Å². The number of rotatable bonds is 1. The van der Waals surface area contributed by atoms with E-state index in [4.69, 9.17) is 5.73 Å². The van der Waals surface area contributed by atoms with Crippen LogP contribution >= 0.6 is 15.9 Å². The van der Waals surface area contributed by atoms with Gasteiger partial charge in [0.15, 0.2) is 0 Å². The first-order valence-electron chi connectivity index (χ1n) is 4.21. The molecule has 0 saturated carbocycles. The predicted molar refractivity (Wildman–Crippen MR) is 62.9 cm³/mol. The molecule has 0 fully saturated rings. The lowest BCUT2D eigenvalue weighted by molar-refractivity contribution is 0.0601. The molecule has 1 rings (SSSR count). The molecule has 0 atom stereocenters. The predicted octanol–water partition coefficient (Wildman–Crippen LogP) is 1.80. The quantitative estimate of drug-likeness (QED) is 0.366. The molecule has 78 valence electrons. The van der Waals surface area contributed by atoms with Crippen molar-refractivity contribution in [2.75, 3.05) is 18.2 Å². The van der Waals surface area contributed by atoms with E-state index in [0.717, 1.165) is 0 Å². The summed E-state index contributed by atoms with van der Waals surface area (Å²) in [6.45, 7) is 0. The van der Waals surface area contributed by atoms with Crippen LogP contribution in [-0.2, 0) is 4.74 Å². The number of anilines is 1. The van der Waals surface area contributed by atoms with E-state index in [1.807, 2.05) is 0 Å². The third-order valence-corrected chi connectivity index (χ3v) is 1.96. The third-order valence-electron chi connectivity index (χ3n) is 1.68. The smallest absolute Gasteiger partial charge is 0.337 e. The van der Waals surface area contributed by atoms with Gasteiger partial charge in [-0.1, -0.05) is 27.8 Å². The van der Waals surface area contributed by atoms with Gasteiger partial charge < -0.3 is 10.5 Å². The summed E-state index contributed by atoms with van der Waals surface area (Å²) in [6, 6.07) is 4.92. The molecule has 0 heterocycles. The zero-order valence-electron chi connectivity index (χ0n) is 8.21. The average molecular weight is 268 g/mol. The summed E-state index contributed by atoms with van der Waals surface area (Å²) < 4.78 is 4.60. The second-order valence-corrected chi connectivity index (χ2v) is 3.33. The number of benzene rings is 1. The van der Waals surface area contributed by atoms with Crippen molar-refractivity contribution in [1.82, 2.24) is 0 Å². The molecule has 2 N–H and O–H groups in total. The minimum absolute atomic E-state index is 0.413. The van der Waals surface area contributed by atoms with Gasteiger partial charge in [0.05, 0.1) is 18.0 Å². The molecule has 4 heteroatoms. The molecule has 0 saturated heterocycles. The summed E-state index contributed by atoms with van der Waals surface area (Å²) in [7, 11) is 1.33. The fraction of sp³-hybridized carbons (Fsp3) is 0.182. The van der Waals surface area contributed by atoms with E-state index in [9.17, 15) is 4.79 Å². The number of nitrogens with two attached hydrogens (primary N) is 1. The Hall–Kier alpha value is -1.47. The van der Waals surface area contributed by atoms with Gasteiger partial charge >= 0.3 is 5.97 Å². The number of carbonyl (C=O) groups is 1. The van der Waals surface area contributed by atoms with Crippen LogP contribution in [0, 0.1) is 11.8 Å². The highest BCUT2D eigenvalue weighted by Crippen LogP contribution is 2.12. The number of esters is 1. The largest absolute Gasteiger partial charge is 0.465 e. The number of alkyl halides is 1. The van der Waals surface area contributed by atoms with Crippen LogP contribution in [-0.4, -0.2) is 18.4 Å². The molecule has 0 radical (unpaired) electrons. The van der Waals surface area contributed by atoms with Crippen molar-refractivity contribution in [2.45, 2.75) is 0 Å². The minimum atomic E-state index is -0.413. The Morgan fingerprint density at radius 3 is 2.87 bits per heavy atom. The van der Waals surface area contributed by atoms with Crippen molar-refractivity contribution >= 4 is 27.6 Å². The number of methoxy groups -OCH3 is 1. The molecule has 0 bridgehead atoms. The molecule has 1 aromatic carbocycles. The second-order valence-electron chi connectivity index (χ2n) is 2.77. The van der Waals surface area contributed by atoms with Gasteiger partial charge in [-0.2, -0.15) is 0 Å². The summed E-state index contributed by atoms with van der Waals surface area (Å²) in [5.41, 5.74) is 7.25. The SMILES string of the molecule is COC(=O)c1cc(N)cc(C#CCBr)c1. The van der Waals surface area contributed by atoms with Crippen molar-refractivity contribution < 1.29 is 9.53 Å². The first kappa shape index (κ1) is 11.6. The van der Waals surface area contributed by atoms with Crippen LogP contribution < -0.4 is 5.73 Å². The van der Waals surface area contributed by atoms with E-state index in [1.54, 1.807) is 18.2 Å². The van der Waals surface area contributed by atoms with E-state index in [2.05, 4.69) is 32.5 Å². The van der Waals surface area contributed by atoms with E-state index in [0.29, 0.717) is 22.1 Å². The first-order valence-corrected chi connectivity index (χ1v) is 5.33. The summed E-state index contributed by atoms with van der Waals surface area (Å²) in [6.07, 6.45) is 0. The van der Waals surface area contributed by atoms with E-state index in [-0.39, 0.29) is 0 Å². The number of ether oxygens (including phenoxy) is 1. The molecular weight excluding hydrogens is 258 g/mol. The Bertz CT molecular complexity index is 432.